The number of hydrogen-bond donors (Lipinski definition) is 1. The van der Waals surface area contributed by atoms with Gasteiger partial charge in [0.15, 0.2) is 0 Å². The van der Waals surface area contributed by atoms with Crippen molar-refractivity contribution >= 4 is 17.3 Å². The zero-order valence-corrected chi connectivity index (χ0v) is 13.3. The molecule has 0 bridgehead atoms. The van der Waals surface area contributed by atoms with Crippen LogP contribution in [0.5, 0.6) is 0 Å². The van der Waals surface area contributed by atoms with Crippen molar-refractivity contribution in [1.29, 1.82) is 0 Å². The van der Waals surface area contributed by atoms with Gasteiger partial charge in [-0.2, -0.15) is 0 Å². The van der Waals surface area contributed by atoms with Crippen LogP contribution in [0.1, 0.15) is 10.4 Å². The van der Waals surface area contributed by atoms with Crippen LogP contribution >= 0.6 is 0 Å². The average Bonchev–Trinajstić information content (AvgIpc) is 2.63. The Morgan fingerprint density at radius 3 is 2.28 bits per heavy atom. The summed E-state index contributed by atoms with van der Waals surface area (Å²) in [6, 6.07) is 12.0. The molecule has 126 valence electrons. The molecule has 3 aromatic rings. The summed E-state index contributed by atoms with van der Waals surface area (Å²) in [6.07, 6.45) is 2.74. The lowest BCUT2D eigenvalue weighted by Crippen LogP contribution is -2.09. The number of esters is 1. The van der Waals surface area contributed by atoms with Crippen molar-refractivity contribution in [3.63, 3.8) is 0 Å². The molecule has 0 atom stereocenters. The second-order valence-corrected chi connectivity index (χ2v) is 5.19. The molecule has 6 heteroatoms. The van der Waals surface area contributed by atoms with Crippen LogP contribution in [0.3, 0.4) is 0 Å². The Balaban J connectivity index is 2.17. The van der Waals surface area contributed by atoms with E-state index in [-0.39, 0.29) is 28.1 Å². The van der Waals surface area contributed by atoms with Gasteiger partial charge in [-0.1, -0.05) is 30.3 Å². The maximum atomic E-state index is 14.2. The van der Waals surface area contributed by atoms with Crippen molar-refractivity contribution in [2.24, 2.45) is 0 Å². The summed E-state index contributed by atoms with van der Waals surface area (Å²) < 4.78 is 32.9. The lowest BCUT2D eigenvalue weighted by Gasteiger charge is -2.15. The van der Waals surface area contributed by atoms with Crippen LogP contribution in [-0.4, -0.2) is 18.1 Å². The number of benzene rings is 2. The van der Waals surface area contributed by atoms with Gasteiger partial charge < -0.3 is 10.1 Å². The number of para-hydroxylation sites is 1. The molecule has 25 heavy (non-hydrogen) atoms. The number of carbonyl (C=O) groups excluding carboxylic acids is 1. The van der Waals surface area contributed by atoms with Crippen molar-refractivity contribution in [1.82, 2.24) is 4.98 Å². The standard InChI is InChI=1S/C19H14F2N2O2/c1-25-19(24)18-13(12-6-2-3-7-14(12)20)10-22-11-17(18)23-16-9-5-4-8-15(16)21/h2-11,23H,1H3. The molecule has 1 aromatic heterocycles. The monoisotopic (exact) mass is 340 g/mol. The van der Waals surface area contributed by atoms with Crippen molar-refractivity contribution in [3.8, 4) is 11.1 Å². The maximum absolute atomic E-state index is 14.2. The minimum absolute atomic E-state index is 0.0749. The number of halogens is 2. The van der Waals surface area contributed by atoms with E-state index in [1.807, 2.05) is 0 Å². The minimum Gasteiger partial charge on any atom is -0.465 e. The Kier molecular flexibility index (Phi) is 4.70. The normalized spacial score (nSPS) is 10.4. The van der Waals surface area contributed by atoms with Crippen molar-refractivity contribution < 1.29 is 18.3 Å². The summed E-state index contributed by atoms with van der Waals surface area (Å²) in [5.74, 6) is -1.67. The van der Waals surface area contributed by atoms with Gasteiger partial charge in [0.25, 0.3) is 0 Å². The molecular formula is C19H14F2N2O2. The third-order valence-electron chi connectivity index (χ3n) is 3.64. The summed E-state index contributed by atoms with van der Waals surface area (Å²) in [5.41, 5.74) is 0.919. The van der Waals surface area contributed by atoms with E-state index in [1.165, 1.54) is 43.8 Å². The number of nitrogens with zero attached hydrogens (tertiary/aromatic N) is 1. The predicted molar refractivity (Wildman–Crippen MR) is 90.7 cm³/mol. The molecule has 0 aliphatic carbocycles. The number of hydrogen-bond acceptors (Lipinski definition) is 4. The Bertz CT molecular complexity index is 929. The second-order valence-electron chi connectivity index (χ2n) is 5.19. The summed E-state index contributed by atoms with van der Waals surface area (Å²) in [4.78, 5) is 16.4. The molecule has 0 fully saturated rings. The van der Waals surface area contributed by atoms with Gasteiger partial charge in [0.1, 0.15) is 11.6 Å². The van der Waals surface area contributed by atoms with E-state index in [4.69, 9.17) is 4.74 Å². The number of anilines is 2. The number of methoxy groups -OCH3 is 1. The number of pyridine rings is 1. The van der Waals surface area contributed by atoms with Crippen LogP contribution < -0.4 is 5.32 Å². The van der Waals surface area contributed by atoms with Crippen molar-refractivity contribution in [2.75, 3.05) is 12.4 Å². The molecule has 2 aromatic carbocycles. The van der Waals surface area contributed by atoms with Crippen LogP contribution in [0.2, 0.25) is 0 Å². The van der Waals surface area contributed by atoms with E-state index in [9.17, 15) is 13.6 Å². The van der Waals surface area contributed by atoms with Crippen LogP contribution in [0.25, 0.3) is 11.1 Å². The van der Waals surface area contributed by atoms with Gasteiger partial charge in [0.05, 0.1) is 30.2 Å². The summed E-state index contributed by atoms with van der Waals surface area (Å²) in [5, 5.41) is 2.82. The summed E-state index contributed by atoms with van der Waals surface area (Å²) in [6.45, 7) is 0. The fourth-order valence-corrected chi connectivity index (χ4v) is 2.47. The molecule has 0 aliphatic rings. The molecule has 0 saturated carbocycles. The van der Waals surface area contributed by atoms with E-state index >= 15 is 0 Å². The summed E-state index contributed by atoms with van der Waals surface area (Å²) in [7, 11) is 1.22. The first-order valence-corrected chi connectivity index (χ1v) is 7.44. The molecule has 1 heterocycles. The highest BCUT2D eigenvalue weighted by atomic mass is 19.1. The lowest BCUT2D eigenvalue weighted by molar-refractivity contribution is 0.0602. The van der Waals surface area contributed by atoms with Gasteiger partial charge >= 0.3 is 5.97 Å². The number of nitrogens with one attached hydrogen (secondary N) is 1. The SMILES string of the molecule is COC(=O)c1c(Nc2ccccc2F)cncc1-c1ccccc1F. The minimum atomic E-state index is -0.681. The molecule has 1 N–H and O–H groups in total. The molecular weight excluding hydrogens is 326 g/mol. The summed E-state index contributed by atoms with van der Waals surface area (Å²) >= 11 is 0. The Morgan fingerprint density at radius 2 is 1.60 bits per heavy atom. The topological polar surface area (TPSA) is 51.2 Å². The van der Waals surface area contributed by atoms with Gasteiger partial charge in [0.2, 0.25) is 0 Å². The molecule has 0 radical (unpaired) electrons. The van der Waals surface area contributed by atoms with E-state index in [0.29, 0.717) is 0 Å². The predicted octanol–water partition coefficient (Wildman–Crippen LogP) is 4.56. The van der Waals surface area contributed by atoms with Crippen LogP contribution in [-0.2, 0) is 4.74 Å². The van der Waals surface area contributed by atoms with Gasteiger partial charge in [-0.25, -0.2) is 13.6 Å². The Labute approximate surface area is 143 Å². The molecule has 0 aliphatic heterocycles. The maximum Gasteiger partial charge on any atom is 0.340 e. The largest absolute Gasteiger partial charge is 0.465 e. The molecule has 0 unspecified atom stereocenters. The van der Waals surface area contributed by atoms with Gasteiger partial charge in [0, 0.05) is 17.3 Å². The fraction of sp³-hybridized carbons (Fsp3) is 0.0526. The van der Waals surface area contributed by atoms with E-state index in [0.717, 1.165) is 0 Å². The molecule has 3 rings (SSSR count). The number of ether oxygens (including phenoxy) is 1. The Hall–Kier alpha value is -3.28. The zero-order valence-electron chi connectivity index (χ0n) is 13.3. The third kappa shape index (κ3) is 3.33. The first-order chi connectivity index (χ1) is 12.1. The highest BCUT2D eigenvalue weighted by Crippen LogP contribution is 2.32. The average molecular weight is 340 g/mol. The third-order valence-corrected chi connectivity index (χ3v) is 3.64. The smallest absolute Gasteiger partial charge is 0.340 e. The van der Waals surface area contributed by atoms with Crippen molar-refractivity contribution in [3.05, 3.63) is 78.1 Å². The zero-order chi connectivity index (χ0) is 17.8. The molecule has 0 saturated heterocycles. The van der Waals surface area contributed by atoms with E-state index in [1.54, 1.807) is 24.3 Å². The highest BCUT2D eigenvalue weighted by Gasteiger charge is 2.21. The van der Waals surface area contributed by atoms with Gasteiger partial charge in [-0.3, -0.25) is 4.98 Å². The van der Waals surface area contributed by atoms with Crippen molar-refractivity contribution in [2.45, 2.75) is 0 Å². The van der Waals surface area contributed by atoms with Crippen LogP contribution in [0, 0.1) is 11.6 Å². The van der Waals surface area contributed by atoms with E-state index < -0.39 is 17.6 Å². The van der Waals surface area contributed by atoms with Crippen LogP contribution in [0.15, 0.2) is 60.9 Å². The number of carbonyl (C=O) groups is 1. The van der Waals surface area contributed by atoms with Gasteiger partial charge in [-0.05, 0) is 18.2 Å². The fourth-order valence-electron chi connectivity index (χ4n) is 2.47. The number of aromatic nitrogens is 1. The first-order valence-electron chi connectivity index (χ1n) is 7.44. The van der Waals surface area contributed by atoms with Crippen LogP contribution in [0.4, 0.5) is 20.2 Å². The van der Waals surface area contributed by atoms with E-state index in [2.05, 4.69) is 10.3 Å². The quantitative estimate of drug-likeness (QED) is 0.708. The molecule has 0 spiro atoms. The Morgan fingerprint density at radius 1 is 0.920 bits per heavy atom. The lowest BCUT2D eigenvalue weighted by atomic mass is 10.00. The number of rotatable bonds is 4. The highest BCUT2D eigenvalue weighted by molar-refractivity contribution is 6.03. The van der Waals surface area contributed by atoms with Gasteiger partial charge in [-0.15, -0.1) is 0 Å². The first kappa shape index (κ1) is 16.6. The molecule has 0 amide bonds. The second kappa shape index (κ2) is 7.09. The molecule has 4 nitrogen and oxygen atoms in total.